The third kappa shape index (κ3) is 6.80. The second kappa shape index (κ2) is 8.40. The normalized spacial score (nSPS) is 11.2. The molecule has 0 aromatic heterocycles. The van der Waals surface area contributed by atoms with Crippen LogP contribution in [0, 0.1) is 0 Å². The number of hydrogen-bond acceptors (Lipinski definition) is 3. The quantitative estimate of drug-likeness (QED) is 0.423. The molecule has 0 amide bonds. The largest absolute Gasteiger partial charge is 0.573 e. The van der Waals surface area contributed by atoms with Crippen molar-refractivity contribution in [2.45, 2.75) is 11.3 Å². The number of halogens is 4. The summed E-state index contributed by atoms with van der Waals surface area (Å²) in [6, 6.07) is 9.77. The highest BCUT2D eigenvalue weighted by atomic mass is 35.5. The van der Waals surface area contributed by atoms with E-state index in [4.69, 9.17) is 16.3 Å². The van der Waals surface area contributed by atoms with Crippen LogP contribution in [-0.4, -0.2) is 18.7 Å². The van der Waals surface area contributed by atoms with Gasteiger partial charge in [-0.2, -0.15) is 0 Å². The molecule has 0 aliphatic carbocycles. The van der Waals surface area contributed by atoms with Gasteiger partial charge >= 0.3 is 6.36 Å². The number of hydrogen-bond donors (Lipinski definition) is 0. The van der Waals surface area contributed by atoms with Crippen molar-refractivity contribution in [2.24, 2.45) is 0 Å². The summed E-state index contributed by atoms with van der Waals surface area (Å²) in [5.41, 5.74) is 0.767. The lowest BCUT2D eigenvalue weighted by molar-refractivity contribution is -0.274. The van der Waals surface area contributed by atoms with Crippen LogP contribution in [0.5, 0.6) is 17.2 Å². The number of thioether (sulfide) groups is 1. The molecule has 0 atom stereocenters. The SMILES string of the molecule is C=C(COc1ccc(OC(F)(F)F)cc1)CSc1ccc([O])c(Cl)c1. The second-order valence-electron chi connectivity index (χ2n) is 4.94. The molecule has 3 nitrogen and oxygen atoms in total. The first kappa shape index (κ1) is 19.3. The summed E-state index contributed by atoms with van der Waals surface area (Å²) in [6.07, 6.45) is -4.72. The molecule has 25 heavy (non-hydrogen) atoms. The van der Waals surface area contributed by atoms with E-state index in [1.807, 2.05) is 0 Å². The van der Waals surface area contributed by atoms with Crippen molar-refractivity contribution in [2.75, 3.05) is 12.4 Å². The molecule has 8 heteroatoms. The van der Waals surface area contributed by atoms with Crippen molar-refractivity contribution < 1.29 is 27.8 Å². The highest BCUT2D eigenvalue weighted by molar-refractivity contribution is 7.99. The first-order valence-corrected chi connectivity index (χ1v) is 8.34. The summed E-state index contributed by atoms with van der Waals surface area (Å²) in [6.45, 7) is 4.09. The van der Waals surface area contributed by atoms with Gasteiger partial charge in [-0.05, 0) is 48.0 Å². The minimum atomic E-state index is -4.72. The van der Waals surface area contributed by atoms with Gasteiger partial charge in [-0.25, -0.2) is 0 Å². The molecule has 0 aliphatic heterocycles. The molecule has 0 unspecified atom stereocenters. The summed E-state index contributed by atoms with van der Waals surface area (Å²) < 4.78 is 45.5. The Balaban J connectivity index is 1.78. The lowest BCUT2D eigenvalue weighted by Crippen LogP contribution is -2.16. The van der Waals surface area contributed by atoms with Gasteiger partial charge in [-0.1, -0.05) is 18.2 Å². The molecule has 2 aromatic rings. The van der Waals surface area contributed by atoms with E-state index in [0.29, 0.717) is 11.5 Å². The Hall–Kier alpha value is -1.99. The Labute approximate surface area is 152 Å². The zero-order chi connectivity index (χ0) is 18.4. The van der Waals surface area contributed by atoms with E-state index in [1.54, 1.807) is 12.1 Å². The molecule has 0 spiro atoms. The summed E-state index contributed by atoms with van der Waals surface area (Å²) in [4.78, 5) is 0.833. The van der Waals surface area contributed by atoms with Crippen LogP contribution in [0.1, 0.15) is 0 Å². The van der Waals surface area contributed by atoms with E-state index in [0.717, 1.165) is 10.5 Å². The van der Waals surface area contributed by atoms with Crippen LogP contribution < -0.4 is 9.47 Å². The maximum absolute atomic E-state index is 12.1. The maximum Gasteiger partial charge on any atom is 0.573 e. The van der Waals surface area contributed by atoms with Gasteiger partial charge in [-0.15, -0.1) is 24.9 Å². The summed E-state index contributed by atoms with van der Waals surface area (Å²) >= 11 is 7.22. The Morgan fingerprint density at radius 2 is 1.76 bits per heavy atom. The number of ether oxygens (including phenoxy) is 2. The second-order valence-corrected chi connectivity index (χ2v) is 6.39. The molecule has 2 aromatic carbocycles. The van der Waals surface area contributed by atoms with E-state index in [9.17, 15) is 18.3 Å². The minimum absolute atomic E-state index is 0.160. The Morgan fingerprint density at radius 3 is 2.36 bits per heavy atom. The average Bonchev–Trinajstić information content (AvgIpc) is 2.54. The van der Waals surface area contributed by atoms with Crippen molar-refractivity contribution in [1.29, 1.82) is 0 Å². The van der Waals surface area contributed by atoms with E-state index in [2.05, 4.69) is 11.3 Å². The van der Waals surface area contributed by atoms with Crippen LogP contribution in [0.4, 0.5) is 13.2 Å². The van der Waals surface area contributed by atoms with Crippen molar-refractivity contribution in [3.8, 4) is 17.2 Å². The van der Waals surface area contributed by atoms with Gasteiger partial charge in [0.05, 0.1) is 5.02 Å². The van der Waals surface area contributed by atoms with E-state index >= 15 is 0 Å². The molecule has 0 aliphatic rings. The first-order valence-electron chi connectivity index (χ1n) is 6.97. The third-order valence-corrected chi connectivity index (χ3v) is 4.28. The molecule has 133 valence electrons. The fourth-order valence-corrected chi connectivity index (χ4v) is 2.79. The topological polar surface area (TPSA) is 38.4 Å². The van der Waals surface area contributed by atoms with Gasteiger partial charge in [0, 0.05) is 10.6 Å². The molecule has 0 N–H and O–H groups in total. The minimum Gasteiger partial charge on any atom is -0.489 e. The molecule has 0 saturated carbocycles. The Morgan fingerprint density at radius 1 is 1.12 bits per heavy atom. The standard InChI is InChI=1S/C17H13ClF3O3S/c1-11(10-25-14-6-7-16(22)15(18)8-14)9-23-12-2-4-13(5-3-12)24-17(19,20)21/h2-8H,1,9-10H2. The van der Waals surface area contributed by atoms with E-state index < -0.39 is 6.36 Å². The van der Waals surface area contributed by atoms with Gasteiger partial charge in [0.2, 0.25) is 0 Å². The molecule has 2 rings (SSSR count). The predicted octanol–water partition coefficient (Wildman–Crippen LogP) is 6.11. The molecule has 1 radical (unpaired) electrons. The van der Waals surface area contributed by atoms with Crippen LogP contribution in [0.3, 0.4) is 0 Å². The third-order valence-electron chi connectivity index (χ3n) is 2.85. The van der Waals surface area contributed by atoms with Gasteiger partial charge in [0.25, 0.3) is 0 Å². The maximum atomic E-state index is 12.1. The number of alkyl halides is 3. The molecule has 0 bridgehead atoms. The number of rotatable bonds is 7. The van der Waals surface area contributed by atoms with Crippen molar-refractivity contribution in [3.63, 3.8) is 0 Å². The molecule has 0 saturated heterocycles. The highest BCUT2D eigenvalue weighted by Gasteiger charge is 2.30. The Kier molecular flexibility index (Phi) is 6.50. The Bertz CT molecular complexity index is 733. The summed E-state index contributed by atoms with van der Waals surface area (Å²) in [7, 11) is 0. The zero-order valence-electron chi connectivity index (χ0n) is 12.8. The predicted molar refractivity (Wildman–Crippen MR) is 90.1 cm³/mol. The average molecular weight is 390 g/mol. The van der Waals surface area contributed by atoms with Crippen molar-refractivity contribution >= 4 is 23.4 Å². The van der Waals surface area contributed by atoms with E-state index in [-0.39, 0.29) is 23.1 Å². The summed E-state index contributed by atoms with van der Waals surface area (Å²) in [5.74, 6) is 0.405. The lowest BCUT2D eigenvalue weighted by atomic mass is 10.3. The van der Waals surface area contributed by atoms with Crippen LogP contribution in [0.2, 0.25) is 5.02 Å². The lowest BCUT2D eigenvalue weighted by Gasteiger charge is -2.11. The van der Waals surface area contributed by atoms with Crippen molar-refractivity contribution in [1.82, 2.24) is 0 Å². The molecule has 0 fully saturated rings. The van der Waals surface area contributed by atoms with Crippen LogP contribution in [-0.2, 0) is 5.11 Å². The van der Waals surface area contributed by atoms with Crippen molar-refractivity contribution in [3.05, 3.63) is 59.6 Å². The fourth-order valence-electron chi connectivity index (χ4n) is 1.72. The van der Waals surface area contributed by atoms with Crippen LogP contribution in [0.15, 0.2) is 59.5 Å². The molecular weight excluding hydrogens is 377 g/mol. The highest BCUT2D eigenvalue weighted by Crippen LogP contribution is 2.30. The smallest absolute Gasteiger partial charge is 0.489 e. The van der Waals surface area contributed by atoms with Crippen LogP contribution >= 0.6 is 23.4 Å². The van der Waals surface area contributed by atoms with Gasteiger partial charge < -0.3 is 9.47 Å². The van der Waals surface area contributed by atoms with Crippen LogP contribution in [0.25, 0.3) is 0 Å². The van der Waals surface area contributed by atoms with Gasteiger partial charge in [0.15, 0.2) is 5.75 Å². The number of benzene rings is 2. The van der Waals surface area contributed by atoms with Gasteiger partial charge in [0.1, 0.15) is 18.1 Å². The first-order chi connectivity index (χ1) is 11.7. The zero-order valence-corrected chi connectivity index (χ0v) is 14.4. The fraction of sp³-hybridized carbons (Fsp3) is 0.176. The molecular formula is C17H13ClF3O3S. The van der Waals surface area contributed by atoms with Gasteiger partial charge in [-0.3, -0.25) is 5.11 Å². The summed E-state index contributed by atoms with van der Waals surface area (Å²) in [5, 5.41) is 11.4. The monoisotopic (exact) mass is 389 g/mol. The molecule has 0 heterocycles. The van der Waals surface area contributed by atoms with E-state index in [1.165, 1.54) is 42.1 Å².